The normalized spacial score (nSPS) is 13.3. The van der Waals surface area contributed by atoms with Gasteiger partial charge in [-0.2, -0.15) is 0 Å². The van der Waals surface area contributed by atoms with Gasteiger partial charge in [0.15, 0.2) is 0 Å². The molecule has 5 heteroatoms. The van der Waals surface area contributed by atoms with E-state index in [9.17, 15) is 9.59 Å². The van der Waals surface area contributed by atoms with Crippen LogP contribution in [0.3, 0.4) is 0 Å². The predicted octanol–water partition coefficient (Wildman–Crippen LogP) is 1.17. The molecule has 1 unspecified atom stereocenters. The SMILES string of the molecule is CCC(C)(C)NC(=O)C(C)N(C)CCC(=O)OC. The molecule has 0 saturated heterocycles. The number of carbonyl (C=O) groups excluding carboxylic acids is 2. The van der Waals surface area contributed by atoms with Crippen molar-refractivity contribution in [2.24, 2.45) is 0 Å². The maximum Gasteiger partial charge on any atom is 0.306 e. The van der Waals surface area contributed by atoms with Gasteiger partial charge >= 0.3 is 5.97 Å². The summed E-state index contributed by atoms with van der Waals surface area (Å²) >= 11 is 0. The highest BCUT2D eigenvalue weighted by molar-refractivity contribution is 5.82. The van der Waals surface area contributed by atoms with Crippen molar-refractivity contribution in [3.63, 3.8) is 0 Å². The Morgan fingerprint density at radius 1 is 1.39 bits per heavy atom. The van der Waals surface area contributed by atoms with Crippen LogP contribution in [0.4, 0.5) is 0 Å². The van der Waals surface area contributed by atoms with Crippen molar-refractivity contribution in [2.45, 2.75) is 52.1 Å². The highest BCUT2D eigenvalue weighted by Crippen LogP contribution is 2.08. The minimum Gasteiger partial charge on any atom is -0.469 e. The second-order valence-electron chi connectivity index (χ2n) is 5.21. The van der Waals surface area contributed by atoms with Gasteiger partial charge in [0.1, 0.15) is 0 Å². The molecule has 0 spiro atoms. The molecule has 0 aliphatic rings. The molecule has 0 rings (SSSR count). The topological polar surface area (TPSA) is 58.6 Å². The van der Waals surface area contributed by atoms with Crippen molar-refractivity contribution in [1.29, 1.82) is 0 Å². The molecule has 106 valence electrons. The summed E-state index contributed by atoms with van der Waals surface area (Å²) in [5, 5.41) is 2.99. The number of amides is 1. The lowest BCUT2D eigenvalue weighted by molar-refractivity contribution is -0.141. The molecule has 1 atom stereocenters. The molecule has 0 bridgehead atoms. The smallest absolute Gasteiger partial charge is 0.306 e. The minimum atomic E-state index is -0.263. The zero-order valence-electron chi connectivity index (χ0n) is 12.4. The van der Waals surface area contributed by atoms with E-state index >= 15 is 0 Å². The Morgan fingerprint density at radius 3 is 2.39 bits per heavy atom. The van der Waals surface area contributed by atoms with Gasteiger partial charge in [-0.3, -0.25) is 14.5 Å². The quantitative estimate of drug-likeness (QED) is 0.697. The summed E-state index contributed by atoms with van der Waals surface area (Å²) in [6.45, 7) is 8.36. The number of nitrogens with zero attached hydrogens (tertiary/aromatic N) is 1. The summed E-state index contributed by atoms with van der Waals surface area (Å²) in [6, 6.07) is -0.263. The first kappa shape index (κ1) is 16.9. The van der Waals surface area contributed by atoms with E-state index in [0.29, 0.717) is 13.0 Å². The molecular weight excluding hydrogens is 232 g/mol. The van der Waals surface area contributed by atoms with Gasteiger partial charge in [0.2, 0.25) is 5.91 Å². The molecule has 1 amide bonds. The fraction of sp³-hybridized carbons (Fsp3) is 0.846. The fourth-order valence-corrected chi connectivity index (χ4v) is 1.29. The van der Waals surface area contributed by atoms with E-state index in [1.165, 1.54) is 7.11 Å². The van der Waals surface area contributed by atoms with Crippen LogP contribution in [-0.4, -0.2) is 49.1 Å². The zero-order chi connectivity index (χ0) is 14.3. The van der Waals surface area contributed by atoms with Crippen molar-refractivity contribution in [1.82, 2.24) is 10.2 Å². The van der Waals surface area contributed by atoms with Crippen molar-refractivity contribution < 1.29 is 14.3 Å². The van der Waals surface area contributed by atoms with E-state index in [0.717, 1.165) is 6.42 Å². The number of likely N-dealkylation sites (N-methyl/N-ethyl adjacent to an activating group) is 1. The summed E-state index contributed by atoms with van der Waals surface area (Å²) in [4.78, 5) is 24.9. The Balaban J connectivity index is 4.24. The van der Waals surface area contributed by atoms with Crippen LogP contribution < -0.4 is 5.32 Å². The predicted molar refractivity (Wildman–Crippen MR) is 71.2 cm³/mol. The summed E-state index contributed by atoms with van der Waals surface area (Å²) in [6.07, 6.45) is 1.17. The largest absolute Gasteiger partial charge is 0.469 e. The molecule has 0 aromatic heterocycles. The fourth-order valence-electron chi connectivity index (χ4n) is 1.29. The maximum absolute atomic E-state index is 12.0. The lowest BCUT2D eigenvalue weighted by Crippen LogP contribution is -2.51. The summed E-state index contributed by atoms with van der Waals surface area (Å²) in [5.41, 5.74) is -0.200. The second-order valence-corrected chi connectivity index (χ2v) is 5.21. The lowest BCUT2D eigenvalue weighted by Gasteiger charge is -2.30. The zero-order valence-corrected chi connectivity index (χ0v) is 12.4. The third kappa shape index (κ3) is 6.00. The summed E-state index contributed by atoms with van der Waals surface area (Å²) < 4.78 is 4.57. The Hall–Kier alpha value is -1.10. The van der Waals surface area contributed by atoms with Crippen molar-refractivity contribution in [3.05, 3.63) is 0 Å². The van der Waals surface area contributed by atoms with E-state index in [2.05, 4.69) is 10.1 Å². The monoisotopic (exact) mass is 258 g/mol. The Morgan fingerprint density at radius 2 is 1.94 bits per heavy atom. The van der Waals surface area contributed by atoms with Crippen LogP contribution in [0, 0.1) is 0 Å². The van der Waals surface area contributed by atoms with Gasteiger partial charge in [0.05, 0.1) is 19.6 Å². The standard InChI is InChI=1S/C13H26N2O3/c1-7-13(3,4)14-12(17)10(2)15(5)9-8-11(16)18-6/h10H,7-9H2,1-6H3,(H,14,17). The molecule has 0 aliphatic carbocycles. The van der Waals surface area contributed by atoms with Gasteiger partial charge in [-0.25, -0.2) is 0 Å². The average molecular weight is 258 g/mol. The van der Waals surface area contributed by atoms with Crippen LogP contribution >= 0.6 is 0 Å². The van der Waals surface area contributed by atoms with Crippen LogP contribution in [0.2, 0.25) is 0 Å². The molecule has 18 heavy (non-hydrogen) atoms. The molecule has 0 heterocycles. The van der Waals surface area contributed by atoms with Gasteiger partial charge in [-0.05, 0) is 34.2 Å². The van der Waals surface area contributed by atoms with E-state index in [-0.39, 0.29) is 23.5 Å². The number of esters is 1. The van der Waals surface area contributed by atoms with E-state index in [1.54, 1.807) is 0 Å². The van der Waals surface area contributed by atoms with Crippen LogP contribution in [0.5, 0.6) is 0 Å². The number of nitrogens with one attached hydrogen (secondary N) is 1. The minimum absolute atomic E-state index is 0.0192. The average Bonchev–Trinajstić information content (AvgIpc) is 2.33. The third-order valence-corrected chi connectivity index (χ3v) is 3.28. The first-order chi connectivity index (χ1) is 8.23. The van der Waals surface area contributed by atoms with Crippen molar-refractivity contribution in [3.8, 4) is 0 Å². The van der Waals surface area contributed by atoms with Gasteiger partial charge < -0.3 is 10.1 Å². The molecule has 0 aromatic carbocycles. The van der Waals surface area contributed by atoms with Crippen molar-refractivity contribution in [2.75, 3.05) is 20.7 Å². The Kier molecular flexibility index (Phi) is 6.91. The number of ether oxygens (including phenoxy) is 1. The molecule has 0 aromatic rings. The maximum atomic E-state index is 12.0. The molecule has 1 N–H and O–H groups in total. The molecule has 0 saturated carbocycles. The molecule has 0 fully saturated rings. The lowest BCUT2D eigenvalue weighted by atomic mass is 10.0. The first-order valence-corrected chi connectivity index (χ1v) is 6.32. The van der Waals surface area contributed by atoms with Gasteiger partial charge in [0.25, 0.3) is 0 Å². The van der Waals surface area contributed by atoms with E-state index < -0.39 is 0 Å². The Labute approximate surface area is 110 Å². The first-order valence-electron chi connectivity index (χ1n) is 6.32. The number of methoxy groups -OCH3 is 1. The van der Waals surface area contributed by atoms with Gasteiger partial charge in [-0.15, -0.1) is 0 Å². The number of rotatable bonds is 7. The van der Waals surface area contributed by atoms with E-state index in [4.69, 9.17) is 0 Å². The molecule has 5 nitrogen and oxygen atoms in total. The Bertz CT molecular complexity index is 290. The number of carbonyl (C=O) groups is 2. The van der Waals surface area contributed by atoms with Crippen LogP contribution in [0.1, 0.15) is 40.5 Å². The molecule has 0 aliphatic heterocycles. The second kappa shape index (κ2) is 7.36. The molecule has 0 radical (unpaired) electrons. The van der Waals surface area contributed by atoms with Gasteiger partial charge in [0, 0.05) is 12.1 Å². The highest BCUT2D eigenvalue weighted by Gasteiger charge is 2.24. The number of hydrogen-bond acceptors (Lipinski definition) is 4. The highest BCUT2D eigenvalue weighted by atomic mass is 16.5. The van der Waals surface area contributed by atoms with Gasteiger partial charge in [-0.1, -0.05) is 6.92 Å². The van der Waals surface area contributed by atoms with Crippen molar-refractivity contribution >= 4 is 11.9 Å². The summed E-state index contributed by atoms with van der Waals surface area (Å²) in [7, 11) is 3.19. The van der Waals surface area contributed by atoms with E-state index in [1.807, 2.05) is 39.6 Å². The third-order valence-electron chi connectivity index (χ3n) is 3.28. The number of hydrogen-bond donors (Lipinski definition) is 1. The van der Waals surface area contributed by atoms with Crippen LogP contribution in [0.25, 0.3) is 0 Å². The molecular formula is C13H26N2O3. The summed E-state index contributed by atoms with van der Waals surface area (Å²) in [5.74, 6) is -0.280. The van der Waals surface area contributed by atoms with Crippen LogP contribution in [0.15, 0.2) is 0 Å². The van der Waals surface area contributed by atoms with Crippen LogP contribution in [-0.2, 0) is 14.3 Å².